The average Bonchev–Trinajstić information content (AvgIpc) is 2.36. The third-order valence-electron chi connectivity index (χ3n) is 2.75. The summed E-state index contributed by atoms with van der Waals surface area (Å²) in [6, 6.07) is 9.63. The Morgan fingerprint density at radius 3 is 2.58 bits per heavy atom. The van der Waals surface area contributed by atoms with Gasteiger partial charge in [-0.15, -0.1) is 0 Å². The van der Waals surface area contributed by atoms with Crippen molar-refractivity contribution in [3.63, 3.8) is 0 Å². The Bertz CT molecular complexity index is 423. The number of hydrogen-bond acceptors (Lipinski definition) is 3. The molecule has 1 amide bonds. The van der Waals surface area contributed by atoms with E-state index in [0.717, 1.165) is 5.56 Å². The Kier molecular flexibility index (Phi) is 6.45. The van der Waals surface area contributed by atoms with Crippen LogP contribution in [-0.4, -0.2) is 30.7 Å². The molecule has 2 atom stereocenters. The molecule has 104 valence electrons. The van der Waals surface area contributed by atoms with E-state index in [1.165, 1.54) is 0 Å². The van der Waals surface area contributed by atoms with Gasteiger partial charge in [0.05, 0.1) is 17.5 Å². The zero-order valence-electron chi connectivity index (χ0n) is 11.3. The number of methoxy groups -OCH3 is 1. The van der Waals surface area contributed by atoms with E-state index in [-0.39, 0.29) is 16.9 Å². The van der Waals surface area contributed by atoms with Crippen LogP contribution < -0.4 is 11.1 Å². The number of carbonyl (C=O) groups is 1. The predicted molar refractivity (Wildman–Crippen MR) is 79.9 cm³/mol. The molecule has 0 saturated carbocycles. The minimum atomic E-state index is -0.489. The molecule has 2 unspecified atom stereocenters. The summed E-state index contributed by atoms with van der Waals surface area (Å²) in [6.07, 6.45) is 0.516. The zero-order chi connectivity index (χ0) is 14.3. The minimum Gasteiger partial charge on any atom is -0.393 e. The number of nitrogens with two attached hydrogens (primary N) is 1. The van der Waals surface area contributed by atoms with E-state index in [9.17, 15) is 4.79 Å². The first-order chi connectivity index (χ1) is 9.04. The molecule has 19 heavy (non-hydrogen) atoms. The van der Waals surface area contributed by atoms with Crippen molar-refractivity contribution in [3.8, 4) is 0 Å². The monoisotopic (exact) mass is 280 g/mol. The lowest BCUT2D eigenvalue weighted by molar-refractivity contribution is -0.123. The van der Waals surface area contributed by atoms with Crippen LogP contribution in [0.1, 0.15) is 12.5 Å². The van der Waals surface area contributed by atoms with Gasteiger partial charge in [-0.1, -0.05) is 42.5 Å². The van der Waals surface area contributed by atoms with Gasteiger partial charge >= 0.3 is 0 Å². The van der Waals surface area contributed by atoms with Crippen molar-refractivity contribution in [2.24, 2.45) is 11.7 Å². The van der Waals surface area contributed by atoms with Crippen LogP contribution in [0.3, 0.4) is 0 Å². The number of amides is 1. The van der Waals surface area contributed by atoms with E-state index in [1.54, 1.807) is 7.11 Å². The van der Waals surface area contributed by atoms with Crippen LogP contribution in [0.2, 0.25) is 0 Å². The molecule has 0 aromatic heterocycles. The van der Waals surface area contributed by atoms with Crippen LogP contribution in [0.4, 0.5) is 0 Å². The Morgan fingerprint density at radius 2 is 2.05 bits per heavy atom. The van der Waals surface area contributed by atoms with Gasteiger partial charge in [0.15, 0.2) is 0 Å². The first-order valence-electron chi connectivity index (χ1n) is 6.17. The molecule has 0 aliphatic carbocycles. The molecule has 1 aromatic rings. The molecule has 3 N–H and O–H groups in total. The minimum absolute atomic E-state index is 0.0647. The number of carbonyl (C=O) groups excluding carboxylic acids is 1. The van der Waals surface area contributed by atoms with Crippen molar-refractivity contribution < 1.29 is 9.53 Å². The second-order valence-electron chi connectivity index (χ2n) is 4.51. The molecule has 0 spiro atoms. The summed E-state index contributed by atoms with van der Waals surface area (Å²) in [6.45, 7) is 2.33. The molecule has 0 saturated heterocycles. The van der Waals surface area contributed by atoms with Crippen molar-refractivity contribution in [2.75, 3.05) is 13.7 Å². The predicted octanol–water partition coefficient (Wildman–Crippen LogP) is 1.28. The Morgan fingerprint density at radius 1 is 1.42 bits per heavy atom. The highest BCUT2D eigenvalue weighted by Crippen LogP contribution is 2.10. The normalized spacial score (nSPS) is 13.6. The van der Waals surface area contributed by atoms with Gasteiger partial charge in [-0.05, 0) is 18.9 Å². The van der Waals surface area contributed by atoms with E-state index < -0.39 is 5.92 Å². The van der Waals surface area contributed by atoms with Crippen LogP contribution in [-0.2, 0) is 16.0 Å². The fourth-order valence-electron chi connectivity index (χ4n) is 1.81. The molecule has 5 heteroatoms. The van der Waals surface area contributed by atoms with Gasteiger partial charge in [0.2, 0.25) is 5.91 Å². The van der Waals surface area contributed by atoms with Crippen molar-refractivity contribution in [2.45, 2.75) is 19.4 Å². The maximum absolute atomic E-state index is 12.1. The van der Waals surface area contributed by atoms with Gasteiger partial charge in [-0.25, -0.2) is 0 Å². The van der Waals surface area contributed by atoms with Crippen molar-refractivity contribution in [3.05, 3.63) is 35.9 Å². The SMILES string of the molecule is COCC(C)NC(=O)C(Cc1ccccc1)C(N)=S. The molecule has 0 aliphatic rings. The van der Waals surface area contributed by atoms with E-state index in [2.05, 4.69) is 5.32 Å². The van der Waals surface area contributed by atoms with Crippen LogP contribution >= 0.6 is 12.2 Å². The van der Waals surface area contributed by atoms with Gasteiger partial charge in [0.25, 0.3) is 0 Å². The van der Waals surface area contributed by atoms with Crippen LogP contribution in [0.5, 0.6) is 0 Å². The molecule has 0 fully saturated rings. The summed E-state index contributed by atoms with van der Waals surface area (Å²) in [5.41, 5.74) is 6.71. The van der Waals surface area contributed by atoms with Gasteiger partial charge in [-0.2, -0.15) is 0 Å². The van der Waals surface area contributed by atoms with Gasteiger partial charge in [-0.3, -0.25) is 4.79 Å². The lowest BCUT2D eigenvalue weighted by Gasteiger charge is -2.19. The fraction of sp³-hybridized carbons (Fsp3) is 0.429. The molecule has 4 nitrogen and oxygen atoms in total. The fourth-order valence-corrected chi connectivity index (χ4v) is 2.00. The highest BCUT2D eigenvalue weighted by molar-refractivity contribution is 7.80. The number of hydrogen-bond donors (Lipinski definition) is 2. The van der Waals surface area contributed by atoms with Crippen LogP contribution in [0.15, 0.2) is 30.3 Å². The Balaban J connectivity index is 2.67. The van der Waals surface area contributed by atoms with Crippen molar-refractivity contribution in [1.29, 1.82) is 0 Å². The summed E-state index contributed by atoms with van der Waals surface area (Å²) in [5, 5.41) is 2.85. The number of nitrogens with one attached hydrogen (secondary N) is 1. The second kappa shape index (κ2) is 7.86. The van der Waals surface area contributed by atoms with Gasteiger partial charge in [0.1, 0.15) is 0 Å². The molecule has 0 aliphatic heterocycles. The summed E-state index contributed by atoms with van der Waals surface area (Å²) in [5.74, 6) is -0.641. The maximum atomic E-state index is 12.1. The lowest BCUT2D eigenvalue weighted by atomic mass is 9.98. The molecular formula is C14H20N2O2S. The number of rotatable bonds is 7. The largest absolute Gasteiger partial charge is 0.393 e. The highest BCUT2D eigenvalue weighted by atomic mass is 32.1. The summed E-state index contributed by atoms with van der Waals surface area (Å²) in [7, 11) is 1.59. The molecule has 1 rings (SSSR count). The van der Waals surface area contributed by atoms with Crippen LogP contribution in [0, 0.1) is 5.92 Å². The van der Waals surface area contributed by atoms with Crippen molar-refractivity contribution >= 4 is 23.1 Å². The Labute approximate surface area is 119 Å². The number of thiocarbonyl (C=S) groups is 1. The molecule has 1 aromatic carbocycles. The molecule has 0 heterocycles. The third-order valence-corrected chi connectivity index (χ3v) is 3.03. The van der Waals surface area contributed by atoms with E-state index in [0.29, 0.717) is 13.0 Å². The number of benzene rings is 1. The van der Waals surface area contributed by atoms with E-state index in [4.69, 9.17) is 22.7 Å². The standard InChI is InChI=1S/C14H20N2O2S/c1-10(9-18-2)16-14(17)12(13(15)19)8-11-6-4-3-5-7-11/h3-7,10,12H,8-9H2,1-2H3,(H2,15,19)(H,16,17). The lowest BCUT2D eigenvalue weighted by Crippen LogP contribution is -2.44. The molecular weight excluding hydrogens is 260 g/mol. The summed E-state index contributed by atoms with van der Waals surface area (Å²) < 4.78 is 4.98. The summed E-state index contributed by atoms with van der Waals surface area (Å²) in [4.78, 5) is 12.4. The first-order valence-corrected chi connectivity index (χ1v) is 6.58. The highest BCUT2D eigenvalue weighted by Gasteiger charge is 2.23. The topological polar surface area (TPSA) is 64.3 Å². The maximum Gasteiger partial charge on any atom is 0.230 e. The van der Waals surface area contributed by atoms with Gasteiger partial charge in [0, 0.05) is 13.2 Å². The summed E-state index contributed by atoms with van der Waals surface area (Å²) >= 11 is 5.00. The van der Waals surface area contributed by atoms with Gasteiger partial charge < -0.3 is 15.8 Å². The van der Waals surface area contributed by atoms with E-state index >= 15 is 0 Å². The average molecular weight is 280 g/mol. The third kappa shape index (κ3) is 5.36. The number of ether oxygens (including phenoxy) is 1. The molecule has 0 bridgehead atoms. The quantitative estimate of drug-likeness (QED) is 0.739. The first kappa shape index (κ1) is 15.6. The van der Waals surface area contributed by atoms with Crippen molar-refractivity contribution in [1.82, 2.24) is 5.32 Å². The smallest absolute Gasteiger partial charge is 0.230 e. The molecule has 0 radical (unpaired) electrons. The Hall–Kier alpha value is -1.46. The zero-order valence-corrected chi connectivity index (χ0v) is 12.1. The van der Waals surface area contributed by atoms with Crippen LogP contribution in [0.25, 0.3) is 0 Å². The van der Waals surface area contributed by atoms with E-state index in [1.807, 2.05) is 37.3 Å². The second-order valence-corrected chi connectivity index (χ2v) is 4.98.